The highest BCUT2D eigenvalue weighted by atomic mass is 35.5. The first-order valence-electron chi connectivity index (χ1n) is 11.2. The maximum atomic E-state index is 13.1. The van der Waals surface area contributed by atoms with Crippen LogP contribution in [0.25, 0.3) is 0 Å². The second kappa shape index (κ2) is 12.5. The SMILES string of the molecule is Fc1ccc(CC2CC[NH+](CCOc3ccc(OCc4ccccc4)cc3)CC2)cc1.[Cl-]. The van der Waals surface area contributed by atoms with E-state index in [-0.39, 0.29) is 18.2 Å². The summed E-state index contributed by atoms with van der Waals surface area (Å²) in [5.41, 5.74) is 2.40. The largest absolute Gasteiger partial charge is 1.00 e. The van der Waals surface area contributed by atoms with Gasteiger partial charge in [0.05, 0.1) is 13.1 Å². The molecule has 1 aliphatic heterocycles. The van der Waals surface area contributed by atoms with Crippen LogP contribution in [0.15, 0.2) is 78.9 Å². The zero-order valence-corrected chi connectivity index (χ0v) is 19.1. The molecular weight excluding hydrogens is 425 g/mol. The van der Waals surface area contributed by atoms with E-state index in [1.54, 1.807) is 17.0 Å². The number of hydrogen-bond donors (Lipinski definition) is 1. The van der Waals surface area contributed by atoms with Crippen molar-refractivity contribution in [3.05, 3.63) is 95.8 Å². The Balaban J connectivity index is 0.00000289. The number of piperidine rings is 1. The lowest BCUT2D eigenvalue weighted by Gasteiger charge is -2.29. The van der Waals surface area contributed by atoms with Crippen LogP contribution in [-0.2, 0) is 13.0 Å². The molecule has 170 valence electrons. The van der Waals surface area contributed by atoms with E-state index in [4.69, 9.17) is 9.47 Å². The van der Waals surface area contributed by atoms with Gasteiger partial charge in [-0.1, -0.05) is 42.5 Å². The molecule has 0 radical (unpaired) electrons. The number of ether oxygens (including phenoxy) is 2. The Morgan fingerprint density at radius 2 is 1.38 bits per heavy atom. The molecule has 5 heteroatoms. The van der Waals surface area contributed by atoms with E-state index < -0.39 is 0 Å². The van der Waals surface area contributed by atoms with Crippen molar-refractivity contribution in [2.75, 3.05) is 26.2 Å². The molecule has 3 nitrogen and oxygen atoms in total. The number of likely N-dealkylation sites (tertiary alicyclic amines) is 1. The van der Waals surface area contributed by atoms with Gasteiger partial charge in [-0.3, -0.25) is 0 Å². The molecule has 3 aromatic carbocycles. The third kappa shape index (κ3) is 7.54. The summed E-state index contributed by atoms with van der Waals surface area (Å²) < 4.78 is 24.8. The molecule has 1 heterocycles. The number of quaternary nitrogens is 1. The highest BCUT2D eigenvalue weighted by molar-refractivity contribution is 5.31. The van der Waals surface area contributed by atoms with E-state index in [0.717, 1.165) is 36.6 Å². The standard InChI is InChI=1S/C27H30FNO2.ClH/c28-25-8-6-22(7-9-25)20-23-14-16-29(17-15-23)18-19-30-26-10-12-27(13-11-26)31-21-24-4-2-1-3-5-24;/h1-13,23H,14-21H2;1H. The predicted octanol–water partition coefficient (Wildman–Crippen LogP) is 1.33. The molecule has 1 saturated heterocycles. The van der Waals surface area contributed by atoms with Crippen molar-refractivity contribution in [3.8, 4) is 11.5 Å². The summed E-state index contributed by atoms with van der Waals surface area (Å²) in [6.07, 6.45) is 3.50. The van der Waals surface area contributed by atoms with Crippen LogP contribution in [0, 0.1) is 11.7 Å². The lowest BCUT2D eigenvalue weighted by molar-refractivity contribution is -0.906. The van der Waals surface area contributed by atoms with E-state index in [2.05, 4.69) is 12.1 Å². The molecule has 3 aromatic rings. The molecule has 0 aromatic heterocycles. The van der Waals surface area contributed by atoms with Gasteiger partial charge >= 0.3 is 0 Å². The highest BCUT2D eigenvalue weighted by Gasteiger charge is 2.22. The molecule has 0 amide bonds. The van der Waals surface area contributed by atoms with Gasteiger partial charge in [-0.05, 0) is 72.7 Å². The molecule has 4 rings (SSSR count). The van der Waals surface area contributed by atoms with Crippen molar-refractivity contribution in [2.45, 2.75) is 25.9 Å². The summed E-state index contributed by atoms with van der Waals surface area (Å²) in [7, 11) is 0. The number of rotatable bonds is 9. The van der Waals surface area contributed by atoms with E-state index >= 15 is 0 Å². The van der Waals surface area contributed by atoms with Gasteiger partial charge in [0.1, 0.15) is 37.1 Å². The first-order chi connectivity index (χ1) is 15.2. The van der Waals surface area contributed by atoms with Crippen molar-refractivity contribution < 1.29 is 31.2 Å². The van der Waals surface area contributed by atoms with Gasteiger partial charge < -0.3 is 26.8 Å². The normalized spacial score (nSPS) is 17.9. The molecule has 0 aliphatic carbocycles. The number of hydrogen-bond acceptors (Lipinski definition) is 2. The van der Waals surface area contributed by atoms with Gasteiger partial charge in [-0.15, -0.1) is 0 Å². The third-order valence-electron chi connectivity index (χ3n) is 6.05. The Morgan fingerprint density at radius 1 is 0.750 bits per heavy atom. The van der Waals surface area contributed by atoms with E-state index in [1.807, 2.05) is 54.6 Å². The second-order valence-corrected chi connectivity index (χ2v) is 8.37. The van der Waals surface area contributed by atoms with Gasteiger partial charge in [0.15, 0.2) is 0 Å². The summed E-state index contributed by atoms with van der Waals surface area (Å²) in [4.78, 5) is 1.61. The number of halogens is 2. The number of nitrogens with one attached hydrogen (secondary N) is 1. The minimum absolute atomic E-state index is 0. The van der Waals surface area contributed by atoms with Gasteiger partial charge in [-0.25, -0.2) is 4.39 Å². The second-order valence-electron chi connectivity index (χ2n) is 8.37. The minimum atomic E-state index is -0.155. The topological polar surface area (TPSA) is 22.9 Å². The summed E-state index contributed by atoms with van der Waals surface area (Å²) in [6, 6.07) is 25.0. The molecule has 0 atom stereocenters. The van der Waals surface area contributed by atoms with Gasteiger partial charge in [-0.2, -0.15) is 0 Å². The lowest BCUT2D eigenvalue weighted by Crippen LogP contribution is -3.13. The van der Waals surface area contributed by atoms with Crippen LogP contribution in [0.3, 0.4) is 0 Å². The van der Waals surface area contributed by atoms with Crippen LogP contribution in [0.5, 0.6) is 11.5 Å². The van der Waals surface area contributed by atoms with E-state index in [9.17, 15) is 4.39 Å². The average molecular weight is 456 g/mol. The maximum absolute atomic E-state index is 13.1. The Bertz CT molecular complexity index is 911. The van der Waals surface area contributed by atoms with Crippen LogP contribution in [-0.4, -0.2) is 26.2 Å². The van der Waals surface area contributed by atoms with Crippen molar-refractivity contribution in [3.63, 3.8) is 0 Å². The summed E-state index contributed by atoms with van der Waals surface area (Å²) in [5, 5.41) is 0. The molecule has 0 saturated carbocycles. The van der Waals surface area contributed by atoms with Crippen LogP contribution in [0.1, 0.15) is 24.0 Å². The van der Waals surface area contributed by atoms with Crippen molar-refractivity contribution in [1.82, 2.24) is 0 Å². The highest BCUT2D eigenvalue weighted by Crippen LogP contribution is 2.19. The number of benzene rings is 3. The molecule has 0 spiro atoms. The van der Waals surface area contributed by atoms with E-state index in [1.165, 1.54) is 31.5 Å². The van der Waals surface area contributed by atoms with Crippen molar-refractivity contribution in [1.29, 1.82) is 0 Å². The zero-order chi connectivity index (χ0) is 21.3. The third-order valence-corrected chi connectivity index (χ3v) is 6.05. The Labute approximate surface area is 196 Å². The minimum Gasteiger partial charge on any atom is -1.00 e. The smallest absolute Gasteiger partial charge is 0.137 e. The maximum Gasteiger partial charge on any atom is 0.137 e. The van der Waals surface area contributed by atoms with Crippen molar-refractivity contribution >= 4 is 0 Å². The zero-order valence-electron chi connectivity index (χ0n) is 18.3. The molecule has 1 aliphatic rings. The summed E-state index contributed by atoms with van der Waals surface area (Å²) in [6.45, 7) is 4.68. The van der Waals surface area contributed by atoms with E-state index in [0.29, 0.717) is 12.5 Å². The Kier molecular flexibility index (Phi) is 9.39. The Hall–Kier alpha value is -2.56. The predicted molar refractivity (Wildman–Crippen MR) is 121 cm³/mol. The van der Waals surface area contributed by atoms with Crippen LogP contribution in [0.2, 0.25) is 0 Å². The first kappa shape index (κ1) is 24.1. The van der Waals surface area contributed by atoms with Gasteiger partial charge in [0.25, 0.3) is 0 Å². The monoisotopic (exact) mass is 455 g/mol. The Morgan fingerprint density at radius 3 is 2.03 bits per heavy atom. The molecule has 1 fully saturated rings. The lowest BCUT2D eigenvalue weighted by atomic mass is 9.90. The molecular formula is C27H31ClFNO2. The molecule has 1 N–H and O–H groups in total. The van der Waals surface area contributed by atoms with Crippen LogP contribution in [0.4, 0.5) is 4.39 Å². The molecule has 0 bridgehead atoms. The van der Waals surface area contributed by atoms with Crippen LogP contribution < -0.4 is 26.8 Å². The summed E-state index contributed by atoms with van der Waals surface area (Å²) >= 11 is 0. The summed E-state index contributed by atoms with van der Waals surface area (Å²) in [5.74, 6) is 2.29. The fourth-order valence-corrected chi connectivity index (χ4v) is 4.18. The molecule has 0 unspecified atom stereocenters. The van der Waals surface area contributed by atoms with Gasteiger partial charge in [0.2, 0.25) is 0 Å². The first-order valence-corrected chi connectivity index (χ1v) is 11.2. The van der Waals surface area contributed by atoms with Crippen LogP contribution >= 0.6 is 0 Å². The fraction of sp³-hybridized carbons (Fsp3) is 0.333. The van der Waals surface area contributed by atoms with Gasteiger partial charge in [0, 0.05) is 0 Å². The quantitative estimate of drug-likeness (QED) is 0.526. The fourth-order valence-electron chi connectivity index (χ4n) is 4.18. The van der Waals surface area contributed by atoms with Crippen molar-refractivity contribution in [2.24, 2.45) is 5.92 Å². The average Bonchev–Trinajstić information content (AvgIpc) is 2.82. The molecule has 32 heavy (non-hydrogen) atoms.